The summed E-state index contributed by atoms with van der Waals surface area (Å²) in [7, 11) is 0. The van der Waals surface area contributed by atoms with E-state index in [4.69, 9.17) is 15.0 Å². The average Bonchev–Trinajstić information content (AvgIpc) is 1.57. The fourth-order valence-electron chi connectivity index (χ4n) is 20.7. The van der Waals surface area contributed by atoms with Gasteiger partial charge in [-0.2, -0.15) is 9.97 Å². The third kappa shape index (κ3) is 13.9. The lowest BCUT2D eigenvalue weighted by molar-refractivity contribution is 0.951. The van der Waals surface area contributed by atoms with Gasteiger partial charge in [0.15, 0.2) is 11.6 Å². The summed E-state index contributed by atoms with van der Waals surface area (Å²) in [6, 6.07) is 164. The number of fused-ring (bicyclic) bond motifs is 18. The van der Waals surface area contributed by atoms with Gasteiger partial charge in [0.25, 0.3) is 0 Å². The summed E-state index contributed by atoms with van der Waals surface area (Å²) in [5.41, 5.74) is 33.3. The van der Waals surface area contributed by atoms with Crippen LogP contribution in [0.25, 0.3) is 244 Å². The number of para-hydroxylation sites is 6. The number of aromatic nitrogens is 12. The minimum Gasteiger partial charge on any atom is -0.309 e. The molecule has 138 heavy (non-hydrogen) atoms. The highest BCUT2D eigenvalue weighted by Gasteiger charge is 2.24. The topological polar surface area (TPSA) is 107 Å². The Bertz CT molecular complexity index is 9500. The first-order chi connectivity index (χ1) is 68.5. The van der Waals surface area contributed by atoms with Gasteiger partial charge >= 0.3 is 0 Å². The first-order valence-corrected chi connectivity index (χ1v) is 46.6. The zero-order chi connectivity index (χ0) is 91.1. The fourth-order valence-corrected chi connectivity index (χ4v) is 20.7. The molecule has 12 heteroatoms. The molecule has 0 bridgehead atoms. The zero-order valence-electron chi connectivity index (χ0n) is 74.7. The summed E-state index contributed by atoms with van der Waals surface area (Å²) >= 11 is 0. The molecule has 10 aromatic heterocycles. The molecule has 10 heterocycles. The van der Waals surface area contributed by atoms with Crippen LogP contribution >= 0.6 is 0 Å². The Kier molecular flexibility index (Phi) is 19.6. The summed E-state index contributed by atoms with van der Waals surface area (Å²) in [6.07, 6.45) is 11.5. The molecule has 18 aromatic carbocycles. The van der Waals surface area contributed by atoms with Crippen LogP contribution < -0.4 is 0 Å². The Morgan fingerprint density at radius 3 is 0.703 bits per heavy atom. The molecule has 28 aromatic rings. The second-order valence-corrected chi connectivity index (χ2v) is 35.0. The van der Waals surface area contributed by atoms with Crippen LogP contribution in [0.5, 0.6) is 0 Å². The van der Waals surface area contributed by atoms with E-state index in [0.29, 0.717) is 17.6 Å². The van der Waals surface area contributed by atoms with Crippen LogP contribution in [0.3, 0.4) is 0 Å². The molecule has 0 radical (unpaired) electrons. The highest BCUT2D eigenvalue weighted by molar-refractivity contribution is 6.17. The van der Waals surface area contributed by atoms with Gasteiger partial charge in [-0.3, -0.25) is 19.5 Å². The van der Waals surface area contributed by atoms with Crippen LogP contribution in [0, 0.1) is 0 Å². The van der Waals surface area contributed by atoms with E-state index >= 15 is 0 Å². The van der Waals surface area contributed by atoms with E-state index in [-0.39, 0.29) is 0 Å². The van der Waals surface area contributed by atoms with Gasteiger partial charge in [0.1, 0.15) is 0 Å². The number of pyridine rings is 3. The maximum absolute atomic E-state index is 5.05. The second kappa shape index (κ2) is 33.8. The second-order valence-electron chi connectivity index (χ2n) is 35.0. The van der Waals surface area contributed by atoms with E-state index in [0.717, 1.165) is 83.5 Å². The molecule has 0 N–H and O–H groups in total. The Labute approximate surface area is 793 Å². The molecule has 0 aliphatic carbocycles. The van der Waals surface area contributed by atoms with E-state index < -0.39 is 0 Å². The summed E-state index contributed by atoms with van der Waals surface area (Å²) in [6.45, 7) is 0. The monoisotopic (exact) mass is 1760 g/mol. The molecule has 0 aliphatic heterocycles. The van der Waals surface area contributed by atoms with E-state index in [1.807, 2.05) is 97.8 Å². The largest absolute Gasteiger partial charge is 0.309 e. The summed E-state index contributed by atoms with van der Waals surface area (Å²) in [5, 5.41) is 14.5. The quantitative estimate of drug-likeness (QED) is 0.114. The third-order valence-electron chi connectivity index (χ3n) is 27.1. The Morgan fingerprint density at radius 1 is 0.130 bits per heavy atom. The fraction of sp³-hybridized carbons (Fsp3) is 0. The predicted molar refractivity (Wildman–Crippen MR) is 570 cm³/mol. The van der Waals surface area contributed by atoms with Crippen LogP contribution in [-0.4, -0.2) is 57.3 Å². The Morgan fingerprint density at radius 2 is 0.355 bits per heavy atom. The van der Waals surface area contributed by atoms with Gasteiger partial charge in [0.2, 0.25) is 5.95 Å². The van der Waals surface area contributed by atoms with Gasteiger partial charge in [-0.25, -0.2) is 4.98 Å². The minimum absolute atomic E-state index is 0.550. The maximum atomic E-state index is 5.05. The van der Waals surface area contributed by atoms with Crippen molar-refractivity contribution in [2.45, 2.75) is 0 Å². The number of nitrogens with zero attached hydrogens (tertiary/aromatic N) is 12. The van der Waals surface area contributed by atoms with E-state index in [1.54, 1.807) is 0 Å². The predicted octanol–water partition coefficient (Wildman–Crippen LogP) is 31.7. The molecule has 0 saturated heterocycles. The first-order valence-electron chi connectivity index (χ1n) is 46.6. The molecule has 0 amide bonds. The third-order valence-corrected chi connectivity index (χ3v) is 27.1. The van der Waals surface area contributed by atoms with Crippen molar-refractivity contribution in [2.75, 3.05) is 0 Å². The molecule has 646 valence electrons. The van der Waals surface area contributed by atoms with Crippen LogP contribution in [0.15, 0.2) is 498 Å². The molecular weight excluding hydrogens is 1680 g/mol. The first kappa shape index (κ1) is 80.1. The van der Waals surface area contributed by atoms with Crippen molar-refractivity contribution in [2.24, 2.45) is 0 Å². The van der Waals surface area contributed by atoms with Gasteiger partial charge in [-0.05, 0) is 225 Å². The lowest BCUT2D eigenvalue weighted by Gasteiger charge is -2.11. The van der Waals surface area contributed by atoms with Crippen molar-refractivity contribution < 1.29 is 0 Å². The van der Waals surface area contributed by atoms with Crippen LogP contribution in [-0.2, 0) is 0 Å². The van der Waals surface area contributed by atoms with Gasteiger partial charge in [0, 0.05) is 123 Å². The molecular formula is C126H82N12. The minimum atomic E-state index is 0.550. The van der Waals surface area contributed by atoms with Gasteiger partial charge < -0.3 is 22.8 Å². The van der Waals surface area contributed by atoms with Crippen molar-refractivity contribution in [1.82, 2.24) is 57.3 Å². The normalized spacial score (nSPS) is 11.6. The molecule has 12 nitrogen and oxygen atoms in total. The van der Waals surface area contributed by atoms with Gasteiger partial charge in [0.05, 0.1) is 84.8 Å². The summed E-state index contributed by atoms with van der Waals surface area (Å²) in [5.74, 6) is 1.79. The van der Waals surface area contributed by atoms with Crippen LogP contribution in [0.1, 0.15) is 0 Å². The number of rotatable bonds is 13. The standard InChI is InChI=1S/C44H28N6.2C41H27N3/c1-4-12-29(13-5-1)42-46-43(30-14-6-2-7-15-30)48-44(47-42)50-40-23-21-32(27-37(40)35-24-25-45-28-41(35)50)31-20-22-39-36(26-31)34-18-10-11-19-38(34)49(39)33-16-8-3-9-17-33;1-3-10-28(11-4-1)29-12-9-15-33(24-29)44-38-17-8-7-16-34(38)36-25-30(19-21-40(36)44)31-18-20-39-37(26-31)35-22-23-42-27-41(35)43(39)32-13-5-2-6-14-32;1-3-9-28(10-4-1)29-15-19-33(20-16-29)43-38-14-8-7-13-34(38)36-25-30(17-21-39(36)43)31-18-22-40-37(26-31)35-23-24-42-27-41(35)44(40)32-11-5-2-6-12-32/h1-28H;2*1-27H. The van der Waals surface area contributed by atoms with E-state index in [2.05, 4.69) is 443 Å². The number of hydrogen-bond donors (Lipinski definition) is 0. The van der Waals surface area contributed by atoms with E-state index in [1.165, 1.54) is 143 Å². The molecule has 0 fully saturated rings. The maximum Gasteiger partial charge on any atom is 0.238 e. The summed E-state index contributed by atoms with van der Waals surface area (Å²) < 4.78 is 13.8. The lowest BCUT2D eigenvalue weighted by Crippen LogP contribution is -2.06. The Hall–Kier alpha value is -18.8. The van der Waals surface area contributed by atoms with Gasteiger partial charge in [-0.15, -0.1) is 0 Å². The number of benzene rings is 18. The molecule has 28 rings (SSSR count). The van der Waals surface area contributed by atoms with Crippen molar-refractivity contribution in [3.8, 4) is 113 Å². The lowest BCUT2D eigenvalue weighted by atomic mass is 10.0. The average molecular weight is 1760 g/mol. The van der Waals surface area contributed by atoms with Crippen LogP contribution in [0.4, 0.5) is 0 Å². The summed E-state index contributed by atoms with van der Waals surface area (Å²) in [4.78, 5) is 28.5. The zero-order valence-corrected chi connectivity index (χ0v) is 74.7. The van der Waals surface area contributed by atoms with Crippen molar-refractivity contribution in [3.05, 3.63) is 498 Å². The van der Waals surface area contributed by atoms with Gasteiger partial charge in [-0.1, -0.05) is 291 Å². The van der Waals surface area contributed by atoms with Crippen molar-refractivity contribution in [3.63, 3.8) is 0 Å². The van der Waals surface area contributed by atoms with E-state index in [9.17, 15) is 0 Å². The molecule has 0 spiro atoms. The molecule has 0 aliphatic rings. The van der Waals surface area contributed by atoms with Crippen molar-refractivity contribution in [1.29, 1.82) is 0 Å². The molecule has 0 saturated carbocycles. The molecule has 0 unspecified atom stereocenters. The SMILES string of the molecule is c1ccc(-c2ccc(-n3c4ccccc4c4cc(-c5ccc6c(c5)c5ccncc5n6-c5ccccc5)ccc43)cc2)cc1.c1ccc(-c2cccc(-n3c4ccccc4c4cc(-c5ccc6c(c5)c5ccncc5n6-c5ccccc5)ccc43)c2)cc1.c1ccc(-c2nc(-c3ccccc3)nc(-n3c4ccc(-c5ccc6c(c5)c5ccccc5n6-c5ccccc5)cc4c4ccncc43)n2)cc1. The van der Waals surface area contributed by atoms with Crippen LogP contribution in [0.2, 0.25) is 0 Å². The smallest absolute Gasteiger partial charge is 0.238 e. The molecule has 0 atom stereocenters. The number of hydrogen-bond acceptors (Lipinski definition) is 6. The van der Waals surface area contributed by atoms with Crippen molar-refractivity contribution >= 4 is 131 Å². The highest BCUT2D eigenvalue weighted by Crippen LogP contribution is 2.45. The Balaban J connectivity index is 0.000000107. The highest BCUT2D eigenvalue weighted by atomic mass is 15.2.